The third-order valence-corrected chi connectivity index (χ3v) is 6.88. The van der Waals surface area contributed by atoms with E-state index in [4.69, 9.17) is 4.74 Å². The lowest BCUT2D eigenvalue weighted by molar-refractivity contribution is -0.231. The van der Waals surface area contributed by atoms with Crippen molar-refractivity contribution in [3.63, 3.8) is 0 Å². The number of benzene rings is 2. The predicted molar refractivity (Wildman–Crippen MR) is 120 cm³/mol. The lowest BCUT2D eigenvalue weighted by Crippen LogP contribution is -2.55. The molecule has 0 aliphatic carbocycles. The van der Waals surface area contributed by atoms with Crippen molar-refractivity contribution in [3.8, 4) is 10.4 Å². The highest BCUT2D eigenvalue weighted by atomic mass is 32.1. The largest absolute Gasteiger partial charge is 0.412 e. The van der Waals surface area contributed by atoms with Crippen molar-refractivity contribution in [2.75, 3.05) is 6.61 Å². The molecule has 32 heavy (non-hydrogen) atoms. The number of halogens is 1. The van der Waals surface area contributed by atoms with Gasteiger partial charge >= 0.3 is 0 Å². The summed E-state index contributed by atoms with van der Waals surface area (Å²) < 4.78 is 18.9. The number of aliphatic hydroxyl groups is 4. The molecule has 1 aliphatic heterocycles. The van der Waals surface area contributed by atoms with Gasteiger partial charge in [-0.3, -0.25) is 0 Å². The summed E-state index contributed by atoms with van der Waals surface area (Å²) in [7, 11) is 0. The topological polar surface area (TPSA) is 122 Å². The van der Waals surface area contributed by atoms with E-state index >= 15 is 0 Å². The molecule has 0 bridgehead atoms. The van der Waals surface area contributed by atoms with Gasteiger partial charge in [-0.15, -0.1) is 11.3 Å². The lowest BCUT2D eigenvalue weighted by atomic mass is 9.89. The maximum atomic E-state index is 13.2. The standard InChI is InChI=1S/C24H25FO5S.H2O/c1-13-2-3-15(24-23(29)22(28)21(27)19(12-26)30-24)10-16(13)11-18-8-9-20(31-18)14-4-6-17(25)7-5-14;/h2-10,19,21-24,26-29H,11-12H2,1H3;1H2. The van der Waals surface area contributed by atoms with Gasteiger partial charge in [0.15, 0.2) is 0 Å². The van der Waals surface area contributed by atoms with Crippen molar-refractivity contribution >= 4 is 11.3 Å². The highest BCUT2D eigenvalue weighted by molar-refractivity contribution is 7.15. The van der Waals surface area contributed by atoms with Crippen molar-refractivity contribution in [1.29, 1.82) is 0 Å². The molecular weight excluding hydrogens is 435 g/mol. The van der Waals surface area contributed by atoms with E-state index < -0.39 is 37.1 Å². The van der Waals surface area contributed by atoms with Gasteiger partial charge in [0.05, 0.1) is 6.61 Å². The van der Waals surface area contributed by atoms with Crippen molar-refractivity contribution in [1.82, 2.24) is 0 Å². The molecule has 0 amide bonds. The first kappa shape index (κ1) is 24.5. The molecule has 0 saturated carbocycles. The molecule has 1 fully saturated rings. The fourth-order valence-electron chi connectivity index (χ4n) is 3.87. The Kier molecular flexibility index (Phi) is 7.79. The maximum Gasteiger partial charge on any atom is 0.123 e. The molecule has 1 aromatic heterocycles. The van der Waals surface area contributed by atoms with Gasteiger partial charge in [-0.2, -0.15) is 0 Å². The summed E-state index contributed by atoms with van der Waals surface area (Å²) in [5, 5.41) is 40.0. The first-order valence-corrected chi connectivity index (χ1v) is 10.9. The van der Waals surface area contributed by atoms with Gasteiger partial charge in [0.25, 0.3) is 0 Å². The summed E-state index contributed by atoms with van der Waals surface area (Å²) in [4.78, 5) is 2.19. The van der Waals surface area contributed by atoms with Crippen LogP contribution in [0.1, 0.15) is 27.7 Å². The number of hydrogen-bond acceptors (Lipinski definition) is 6. The van der Waals surface area contributed by atoms with Crippen LogP contribution in [-0.4, -0.2) is 56.9 Å². The van der Waals surface area contributed by atoms with E-state index in [9.17, 15) is 24.8 Å². The zero-order valence-electron chi connectivity index (χ0n) is 17.5. The fourth-order valence-corrected chi connectivity index (χ4v) is 4.90. The summed E-state index contributed by atoms with van der Waals surface area (Å²) in [5.41, 5.74) is 3.75. The van der Waals surface area contributed by atoms with Gasteiger partial charge in [0.1, 0.15) is 36.3 Å². The van der Waals surface area contributed by atoms with E-state index in [-0.39, 0.29) is 11.3 Å². The zero-order chi connectivity index (χ0) is 22.1. The molecule has 3 aromatic rings. The Morgan fingerprint density at radius 1 is 0.938 bits per heavy atom. The number of hydrogen-bond donors (Lipinski definition) is 4. The Hall–Kier alpha value is -2.17. The molecule has 1 saturated heterocycles. The van der Waals surface area contributed by atoms with Crippen LogP contribution < -0.4 is 0 Å². The van der Waals surface area contributed by atoms with Crippen LogP contribution in [0, 0.1) is 12.7 Å². The molecule has 6 nitrogen and oxygen atoms in total. The summed E-state index contributed by atoms with van der Waals surface area (Å²) in [6.07, 6.45) is -5.21. The molecule has 8 heteroatoms. The molecule has 2 aromatic carbocycles. The van der Waals surface area contributed by atoms with Crippen molar-refractivity contribution < 1.29 is 35.0 Å². The van der Waals surface area contributed by atoms with Gasteiger partial charge in [-0.05, 0) is 53.4 Å². The summed E-state index contributed by atoms with van der Waals surface area (Å²) >= 11 is 1.63. The van der Waals surface area contributed by atoms with Crippen LogP contribution in [0.15, 0.2) is 54.6 Å². The number of aryl methyl sites for hydroxylation is 1. The average Bonchev–Trinajstić information content (AvgIpc) is 3.23. The van der Waals surface area contributed by atoms with Gasteiger partial charge in [-0.1, -0.05) is 30.3 Å². The fraction of sp³-hybridized carbons (Fsp3) is 0.333. The number of aliphatic hydroxyl groups excluding tert-OH is 4. The molecule has 172 valence electrons. The minimum Gasteiger partial charge on any atom is -0.412 e. The van der Waals surface area contributed by atoms with Crippen LogP contribution >= 0.6 is 11.3 Å². The number of ether oxygens (including phenoxy) is 1. The average molecular weight is 463 g/mol. The molecule has 0 radical (unpaired) electrons. The minimum absolute atomic E-state index is 0. The second-order valence-electron chi connectivity index (χ2n) is 7.89. The van der Waals surface area contributed by atoms with Gasteiger partial charge in [-0.25, -0.2) is 4.39 Å². The Labute approximate surface area is 189 Å². The van der Waals surface area contributed by atoms with Gasteiger partial charge < -0.3 is 30.6 Å². The van der Waals surface area contributed by atoms with E-state index in [0.717, 1.165) is 26.4 Å². The van der Waals surface area contributed by atoms with Crippen molar-refractivity contribution in [3.05, 3.63) is 82.0 Å². The third kappa shape index (κ3) is 4.92. The van der Waals surface area contributed by atoms with Crippen LogP contribution in [0.3, 0.4) is 0 Å². The van der Waals surface area contributed by atoms with Gasteiger partial charge in [0.2, 0.25) is 0 Å². The Morgan fingerprint density at radius 3 is 2.34 bits per heavy atom. The molecule has 5 atom stereocenters. The van der Waals surface area contributed by atoms with E-state index in [2.05, 4.69) is 0 Å². The molecule has 5 unspecified atom stereocenters. The Bertz CT molecular complexity index is 1040. The highest BCUT2D eigenvalue weighted by Crippen LogP contribution is 2.35. The van der Waals surface area contributed by atoms with E-state index in [0.29, 0.717) is 12.0 Å². The van der Waals surface area contributed by atoms with Crippen LogP contribution in [0.25, 0.3) is 10.4 Å². The molecule has 6 N–H and O–H groups in total. The second kappa shape index (κ2) is 10.2. The third-order valence-electron chi connectivity index (χ3n) is 5.75. The lowest BCUT2D eigenvalue weighted by Gasteiger charge is -2.40. The first-order chi connectivity index (χ1) is 14.9. The summed E-state index contributed by atoms with van der Waals surface area (Å²) in [6.45, 7) is 1.54. The van der Waals surface area contributed by atoms with Crippen LogP contribution in [0.5, 0.6) is 0 Å². The number of thiophene rings is 1. The normalized spacial score (nSPS) is 25.4. The van der Waals surface area contributed by atoms with Crippen LogP contribution in [0.2, 0.25) is 0 Å². The van der Waals surface area contributed by atoms with E-state index in [1.807, 2.05) is 37.3 Å². The molecule has 4 rings (SSSR count). The van der Waals surface area contributed by atoms with Crippen LogP contribution in [-0.2, 0) is 11.2 Å². The van der Waals surface area contributed by atoms with E-state index in [1.54, 1.807) is 23.5 Å². The SMILES string of the molecule is Cc1ccc(C2OC(CO)C(O)C(O)C2O)cc1Cc1ccc(-c2ccc(F)cc2)s1.O. The summed E-state index contributed by atoms with van der Waals surface area (Å²) in [6, 6.07) is 16.2. The molecule has 0 spiro atoms. The highest BCUT2D eigenvalue weighted by Gasteiger charge is 2.43. The monoisotopic (exact) mass is 462 g/mol. The maximum absolute atomic E-state index is 13.2. The Morgan fingerprint density at radius 2 is 1.66 bits per heavy atom. The van der Waals surface area contributed by atoms with E-state index in [1.165, 1.54) is 12.1 Å². The minimum atomic E-state index is -1.41. The van der Waals surface area contributed by atoms with Crippen molar-refractivity contribution in [2.45, 2.75) is 43.9 Å². The molecule has 2 heterocycles. The second-order valence-corrected chi connectivity index (χ2v) is 9.05. The molecular formula is C24H27FO6S. The zero-order valence-corrected chi connectivity index (χ0v) is 18.3. The Balaban J connectivity index is 0.00000289. The summed E-state index contributed by atoms with van der Waals surface area (Å²) in [5.74, 6) is -0.263. The molecule has 1 aliphatic rings. The first-order valence-electron chi connectivity index (χ1n) is 10.1. The van der Waals surface area contributed by atoms with Crippen molar-refractivity contribution in [2.24, 2.45) is 0 Å². The van der Waals surface area contributed by atoms with Crippen LogP contribution in [0.4, 0.5) is 4.39 Å². The smallest absolute Gasteiger partial charge is 0.123 e. The predicted octanol–water partition coefficient (Wildman–Crippen LogP) is 2.14. The quantitative estimate of drug-likeness (QED) is 0.463. The number of rotatable bonds is 5. The van der Waals surface area contributed by atoms with Gasteiger partial charge in [0, 0.05) is 16.2 Å².